The molecular weight excluding hydrogens is 274 g/mol. The summed E-state index contributed by atoms with van der Waals surface area (Å²) in [5, 5.41) is 17.6. The molecule has 0 unspecified atom stereocenters. The molecule has 90 valence electrons. The second-order valence-electron chi connectivity index (χ2n) is 3.58. The predicted octanol–water partition coefficient (Wildman–Crippen LogP) is 2.81. The number of benzene rings is 1. The third-order valence-electron chi connectivity index (χ3n) is 2.43. The summed E-state index contributed by atoms with van der Waals surface area (Å²) in [6, 6.07) is 7.14. The van der Waals surface area contributed by atoms with E-state index in [0.717, 1.165) is 16.9 Å². The van der Waals surface area contributed by atoms with E-state index in [1.165, 1.54) is 6.20 Å². The van der Waals surface area contributed by atoms with E-state index in [0.29, 0.717) is 15.8 Å². The maximum Gasteiger partial charge on any atom is 0.347 e. The zero-order valence-electron chi connectivity index (χ0n) is 8.87. The van der Waals surface area contributed by atoms with E-state index in [9.17, 15) is 4.79 Å². The lowest BCUT2D eigenvalue weighted by Crippen LogP contribution is -1.92. The number of thiazole rings is 1. The first-order valence-corrected chi connectivity index (χ1v) is 6.18. The maximum absolute atomic E-state index is 10.9. The van der Waals surface area contributed by atoms with Crippen molar-refractivity contribution in [3.05, 3.63) is 40.4 Å². The van der Waals surface area contributed by atoms with Crippen LogP contribution in [0, 0.1) is 0 Å². The van der Waals surface area contributed by atoms with Gasteiger partial charge in [0.15, 0.2) is 5.82 Å². The third kappa shape index (κ3) is 1.75. The van der Waals surface area contributed by atoms with Crippen molar-refractivity contribution in [2.75, 3.05) is 0 Å². The molecule has 1 N–H and O–H groups in total. The summed E-state index contributed by atoms with van der Waals surface area (Å²) >= 11 is 6.91. The number of carboxylic acids is 1. The van der Waals surface area contributed by atoms with Crippen LogP contribution in [0.3, 0.4) is 0 Å². The highest BCUT2D eigenvalue weighted by Crippen LogP contribution is 2.24. The molecule has 2 aromatic heterocycles. The van der Waals surface area contributed by atoms with Gasteiger partial charge in [-0.15, -0.1) is 10.2 Å². The molecule has 5 nitrogen and oxygen atoms in total. The van der Waals surface area contributed by atoms with Gasteiger partial charge < -0.3 is 5.11 Å². The minimum absolute atomic E-state index is 0.232. The number of hydrogen-bond acceptors (Lipinski definition) is 4. The smallest absolute Gasteiger partial charge is 0.347 e. The van der Waals surface area contributed by atoms with E-state index < -0.39 is 5.97 Å². The summed E-state index contributed by atoms with van der Waals surface area (Å²) in [5.41, 5.74) is 0.835. The van der Waals surface area contributed by atoms with Gasteiger partial charge in [-0.05, 0) is 24.3 Å². The molecule has 0 saturated carbocycles. The Morgan fingerprint density at radius 3 is 2.67 bits per heavy atom. The van der Waals surface area contributed by atoms with Gasteiger partial charge in [0.1, 0.15) is 4.88 Å². The van der Waals surface area contributed by atoms with Crippen LogP contribution in [0.25, 0.3) is 16.3 Å². The molecule has 0 bridgehead atoms. The lowest BCUT2D eigenvalue weighted by Gasteiger charge is -1.97. The Balaban J connectivity index is 2.17. The van der Waals surface area contributed by atoms with E-state index in [-0.39, 0.29) is 4.88 Å². The van der Waals surface area contributed by atoms with Crippen LogP contribution in [-0.2, 0) is 0 Å². The standard InChI is InChI=1S/C11H6ClN3O2S/c12-7-3-1-6(2-4-7)9-13-14-11-15(9)5-8(18-11)10(16)17/h1-5H,(H,16,17). The van der Waals surface area contributed by atoms with Gasteiger partial charge in [-0.25, -0.2) is 4.79 Å². The minimum Gasteiger partial charge on any atom is -0.477 e. The highest BCUT2D eigenvalue weighted by atomic mass is 35.5. The fraction of sp³-hybridized carbons (Fsp3) is 0. The Bertz CT molecular complexity index is 732. The van der Waals surface area contributed by atoms with E-state index in [4.69, 9.17) is 16.7 Å². The summed E-state index contributed by atoms with van der Waals surface area (Å²) < 4.78 is 1.66. The van der Waals surface area contributed by atoms with Gasteiger partial charge in [0.2, 0.25) is 4.96 Å². The fourth-order valence-corrected chi connectivity index (χ4v) is 2.49. The number of aromatic carboxylic acids is 1. The van der Waals surface area contributed by atoms with Crippen molar-refractivity contribution in [2.24, 2.45) is 0 Å². The van der Waals surface area contributed by atoms with Crippen molar-refractivity contribution in [1.82, 2.24) is 14.6 Å². The van der Waals surface area contributed by atoms with Gasteiger partial charge >= 0.3 is 5.97 Å². The normalized spacial score (nSPS) is 10.9. The Morgan fingerprint density at radius 1 is 1.28 bits per heavy atom. The van der Waals surface area contributed by atoms with E-state index in [1.807, 2.05) is 12.1 Å². The average molecular weight is 280 g/mol. The van der Waals surface area contributed by atoms with Crippen LogP contribution in [-0.4, -0.2) is 25.7 Å². The van der Waals surface area contributed by atoms with E-state index >= 15 is 0 Å². The molecule has 0 atom stereocenters. The highest BCUT2D eigenvalue weighted by Gasteiger charge is 2.14. The SMILES string of the molecule is O=C(O)c1cn2c(-c3ccc(Cl)cc3)nnc2s1. The molecule has 0 aliphatic rings. The summed E-state index contributed by atoms with van der Waals surface area (Å²) in [7, 11) is 0. The van der Waals surface area contributed by atoms with Crippen molar-refractivity contribution < 1.29 is 9.90 Å². The lowest BCUT2D eigenvalue weighted by atomic mass is 10.2. The number of halogens is 1. The quantitative estimate of drug-likeness (QED) is 0.783. The lowest BCUT2D eigenvalue weighted by molar-refractivity contribution is 0.0702. The number of rotatable bonds is 2. The van der Waals surface area contributed by atoms with E-state index in [1.54, 1.807) is 16.5 Å². The molecule has 0 fully saturated rings. The van der Waals surface area contributed by atoms with Crippen molar-refractivity contribution >= 4 is 33.9 Å². The predicted molar refractivity (Wildman–Crippen MR) is 68.3 cm³/mol. The largest absolute Gasteiger partial charge is 0.477 e. The average Bonchev–Trinajstić information content (AvgIpc) is 2.89. The molecule has 0 aliphatic carbocycles. The summed E-state index contributed by atoms with van der Waals surface area (Å²) in [4.78, 5) is 11.7. The zero-order valence-corrected chi connectivity index (χ0v) is 10.4. The number of carbonyl (C=O) groups is 1. The van der Waals surface area contributed by atoms with E-state index in [2.05, 4.69) is 10.2 Å². The molecule has 0 amide bonds. The maximum atomic E-state index is 10.9. The Hall–Kier alpha value is -1.92. The van der Waals surface area contributed by atoms with Crippen molar-refractivity contribution in [1.29, 1.82) is 0 Å². The third-order valence-corrected chi connectivity index (χ3v) is 3.64. The van der Waals surface area contributed by atoms with Crippen LogP contribution in [0.4, 0.5) is 0 Å². The number of fused-ring (bicyclic) bond motifs is 1. The molecule has 3 rings (SSSR count). The monoisotopic (exact) mass is 279 g/mol. The second kappa shape index (κ2) is 4.08. The highest BCUT2D eigenvalue weighted by molar-refractivity contribution is 7.18. The first-order valence-electron chi connectivity index (χ1n) is 4.99. The molecule has 7 heteroatoms. The number of carboxylic acid groups (broad SMARTS) is 1. The number of aromatic nitrogens is 3. The molecule has 3 aromatic rings. The van der Waals surface area contributed by atoms with Gasteiger partial charge in [-0.2, -0.15) is 0 Å². The second-order valence-corrected chi connectivity index (χ2v) is 5.03. The van der Waals surface area contributed by atoms with Crippen LogP contribution >= 0.6 is 22.9 Å². The van der Waals surface area contributed by atoms with Crippen LogP contribution in [0.1, 0.15) is 9.67 Å². The van der Waals surface area contributed by atoms with Gasteiger partial charge in [-0.3, -0.25) is 4.40 Å². The van der Waals surface area contributed by atoms with Crippen LogP contribution < -0.4 is 0 Å². The van der Waals surface area contributed by atoms with Gasteiger partial charge in [0.05, 0.1) is 0 Å². The van der Waals surface area contributed by atoms with Gasteiger partial charge in [0, 0.05) is 16.8 Å². The summed E-state index contributed by atoms with van der Waals surface area (Å²) in [6.07, 6.45) is 1.52. The Kier molecular flexibility index (Phi) is 2.53. The molecular formula is C11H6ClN3O2S. The van der Waals surface area contributed by atoms with Crippen molar-refractivity contribution in [3.8, 4) is 11.4 Å². The Morgan fingerprint density at radius 2 is 2.00 bits per heavy atom. The molecule has 0 spiro atoms. The summed E-state index contributed by atoms with van der Waals surface area (Å²) in [6.45, 7) is 0. The molecule has 0 radical (unpaired) electrons. The minimum atomic E-state index is -0.965. The van der Waals surface area contributed by atoms with Gasteiger partial charge in [0.25, 0.3) is 0 Å². The first kappa shape index (κ1) is 11.2. The van der Waals surface area contributed by atoms with Crippen LogP contribution in [0.15, 0.2) is 30.5 Å². The molecule has 2 heterocycles. The Labute approximate surface area is 110 Å². The molecule has 0 aliphatic heterocycles. The number of hydrogen-bond donors (Lipinski definition) is 1. The zero-order chi connectivity index (χ0) is 12.7. The summed E-state index contributed by atoms with van der Waals surface area (Å²) in [5.74, 6) is -0.363. The molecule has 0 saturated heterocycles. The van der Waals surface area contributed by atoms with Crippen LogP contribution in [0.5, 0.6) is 0 Å². The molecule has 1 aromatic carbocycles. The topological polar surface area (TPSA) is 67.5 Å². The van der Waals surface area contributed by atoms with Crippen molar-refractivity contribution in [3.63, 3.8) is 0 Å². The van der Waals surface area contributed by atoms with Gasteiger partial charge in [-0.1, -0.05) is 22.9 Å². The van der Waals surface area contributed by atoms with Crippen molar-refractivity contribution in [2.45, 2.75) is 0 Å². The molecule has 18 heavy (non-hydrogen) atoms. The van der Waals surface area contributed by atoms with Crippen LogP contribution in [0.2, 0.25) is 5.02 Å². The number of nitrogens with zero attached hydrogens (tertiary/aromatic N) is 3. The first-order chi connectivity index (χ1) is 8.65. The fourth-order valence-electron chi connectivity index (χ4n) is 1.60.